The molecule has 108 valence electrons. The summed E-state index contributed by atoms with van der Waals surface area (Å²) in [5.41, 5.74) is 1.46. The molecule has 0 saturated carbocycles. The molecule has 0 amide bonds. The zero-order valence-corrected chi connectivity index (χ0v) is 12.2. The van der Waals surface area contributed by atoms with E-state index >= 15 is 0 Å². The van der Waals surface area contributed by atoms with Crippen molar-refractivity contribution in [2.75, 3.05) is 7.05 Å². The van der Waals surface area contributed by atoms with E-state index in [-0.39, 0.29) is 35.2 Å². The number of fused-ring (bicyclic) bond motifs is 1. The largest absolute Gasteiger partial charge is 0.383 e. The highest BCUT2D eigenvalue weighted by Crippen LogP contribution is 2.25. The molecule has 5 heteroatoms. The fraction of sp³-hybridized carbons (Fsp3) is 0.250. The summed E-state index contributed by atoms with van der Waals surface area (Å²) in [4.78, 5) is 40.2. The van der Waals surface area contributed by atoms with Crippen molar-refractivity contribution in [1.29, 1.82) is 0 Å². The van der Waals surface area contributed by atoms with Crippen LogP contribution >= 0.6 is 0 Å². The lowest BCUT2D eigenvalue weighted by Crippen LogP contribution is -2.28. The highest BCUT2D eigenvalue weighted by Gasteiger charge is 2.31. The van der Waals surface area contributed by atoms with Gasteiger partial charge in [0, 0.05) is 30.3 Å². The number of nitrogens with zero attached hydrogens (tertiary/aromatic N) is 1. The molecule has 0 aromatic heterocycles. The monoisotopic (exact) mass is 284 g/mol. The van der Waals surface area contributed by atoms with Crippen molar-refractivity contribution in [2.24, 2.45) is 4.99 Å². The van der Waals surface area contributed by atoms with Crippen LogP contribution in [0.2, 0.25) is 0 Å². The highest BCUT2D eigenvalue weighted by molar-refractivity contribution is 6.27. The molecule has 0 spiro atoms. The predicted octanol–water partition coefficient (Wildman–Crippen LogP) is 1.94. The smallest absolute Gasteiger partial charge is 0.214 e. The normalized spacial score (nSPS) is 15.1. The lowest BCUT2D eigenvalue weighted by Gasteiger charge is -2.18. The molecule has 1 N–H and O–H groups in total. The molecule has 1 aromatic carbocycles. The molecule has 0 aliphatic heterocycles. The quantitative estimate of drug-likeness (QED) is 0.857. The Balaban J connectivity index is 2.55. The minimum atomic E-state index is -0.308. The summed E-state index contributed by atoms with van der Waals surface area (Å²) in [6, 6.07) is 6.65. The van der Waals surface area contributed by atoms with Gasteiger partial charge in [-0.3, -0.25) is 19.4 Å². The average Bonchev–Trinajstić information content (AvgIpc) is 2.44. The van der Waals surface area contributed by atoms with E-state index in [1.165, 1.54) is 6.92 Å². The van der Waals surface area contributed by atoms with Gasteiger partial charge in [0.25, 0.3) is 0 Å². The zero-order valence-electron chi connectivity index (χ0n) is 12.2. The molecule has 5 nitrogen and oxygen atoms in total. The summed E-state index contributed by atoms with van der Waals surface area (Å²) in [5, 5.41) is 2.75. The molecular formula is C16H16N2O3. The number of hydrogen-bond donors (Lipinski definition) is 1. The summed E-state index contributed by atoms with van der Waals surface area (Å²) in [6.45, 7) is 3.12. The summed E-state index contributed by atoms with van der Waals surface area (Å²) in [5.74, 6) is -0.614. The third-order valence-corrected chi connectivity index (χ3v) is 3.15. The number of hydrogen-bond acceptors (Lipinski definition) is 5. The van der Waals surface area contributed by atoms with Crippen LogP contribution < -0.4 is 5.32 Å². The number of aliphatic imine (C=N–C) groups is 1. The summed E-state index contributed by atoms with van der Waals surface area (Å²) in [7, 11) is 1.57. The molecule has 0 unspecified atom stereocenters. The summed E-state index contributed by atoms with van der Waals surface area (Å²) < 4.78 is 0. The van der Waals surface area contributed by atoms with E-state index < -0.39 is 0 Å². The first kappa shape index (κ1) is 14.8. The molecule has 0 heterocycles. The van der Waals surface area contributed by atoms with Crippen LogP contribution in [-0.4, -0.2) is 30.1 Å². The number of ketones is 3. The first-order valence-corrected chi connectivity index (χ1v) is 6.59. The van der Waals surface area contributed by atoms with Crippen LogP contribution in [0.15, 0.2) is 40.7 Å². The Morgan fingerprint density at radius 3 is 2.19 bits per heavy atom. The van der Waals surface area contributed by atoms with Gasteiger partial charge in [0.1, 0.15) is 17.2 Å². The zero-order chi connectivity index (χ0) is 15.6. The second kappa shape index (κ2) is 5.83. The third kappa shape index (κ3) is 2.81. The SMILES string of the molecule is CNC1=C(N=C(C)CC(C)=O)C(=O)c2ccccc2C1=O. The van der Waals surface area contributed by atoms with E-state index in [0.29, 0.717) is 16.8 Å². The van der Waals surface area contributed by atoms with Gasteiger partial charge in [0.05, 0.1) is 0 Å². The second-order valence-corrected chi connectivity index (χ2v) is 4.90. The molecule has 2 rings (SSSR count). The number of carbonyl (C=O) groups is 3. The first-order chi connectivity index (χ1) is 9.95. The second-order valence-electron chi connectivity index (χ2n) is 4.90. The van der Waals surface area contributed by atoms with Gasteiger partial charge in [-0.1, -0.05) is 24.3 Å². The van der Waals surface area contributed by atoms with E-state index in [1.54, 1.807) is 38.2 Å². The molecule has 21 heavy (non-hydrogen) atoms. The van der Waals surface area contributed by atoms with Crippen molar-refractivity contribution in [3.05, 3.63) is 46.8 Å². The molecule has 1 aliphatic rings. The number of Topliss-reactive ketones (excluding diaryl/α,β-unsaturated/α-hetero) is 3. The molecular weight excluding hydrogens is 268 g/mol. The van der Waals surface area contributed by atoms with Gasteiger partial charge in [-0.25, -0.2) is 0 Å². The predicted molar refractivity (Wildman–Crippen MR) is 79.6 cm³/mol. The Hall–Kier alpha value is -2.56. The minimum Gasteiger partial charge on any atom is -0.383 e. The molecule has 0 atom stereocenters. The molecule has 0 radical (unpaired) electrons. The van der Waals surface area contributed by atoms with E-state index in [1.807, 2.05) is 0 Å². The number of allylic oxidation sites excluding steroid dienone is 2. The van der Waals surface area contributed by atoms with Crippen LogP contribution in [0.1, 0.15) is 41.0 Å². The Kier molecular flexibility index (Phi) is 4.12. The fourth-order valence-corrected chi connectivity index (χ4v) is 2.29. The minimum absolute atomic E-state index is 0.0437. The number of nitrogens with one attached hydrogen (secondary N) is 1. The van der Waals surface area contributed by atoms with Gasteiger partial charge in [-0.05, 0) is 13.8 Å². The van der Waals surface area contributed by atoms with Gasteiger partial charge in [-0.2, -0.15) is 0 Å². The lowest BCUT2D eigenvalue weighted by molar-refractivity contribution is -0.115. The van der Waals surface area contributed by atoms with Gasteiger partial charge >= 0.3 is 0 Å². The molecule has 0 saturated heterocycles. The molecule has 0 fully saturated rings. The topological polar surface area (TPSA) is 75.6 Å². The maximum Gasteiger partial charge on any atom is 0.214 e. The first-order valence-electron chi connectivity index (χ1n) is 6.59. The Morgan fingerprint density at radius 2 is 1.67 bits per heavy atom. The van der Waals surface area contributed by atoms with E-state index in [2.05, 4.69) is 10.3 Å². The van der Waals surface area contributed by atoms with Gasteiger partial charge in [-0.15, -0.1) is 0 Å². The van der Waals surface area contributed by atoms with Crippen LogP contribution in [0.4, 0.5) is 0 Å². The van der Waals surface area contributed by atoms with Gasteiger partial charge in [0.2, 0.25) is 11.6 Å². The average molecular weight is 284 g/mol. The van der Waals surface area contributed by atoms with Crippen molar-refractivity contribution in [3.63, 3.8) is 0 Å². The van der Waals surface area contributed by atoms with E-state index in [0.717, 1.165) is 0 Å². The van der Waals surface area contributed by atoms with E-state index in [9.17, 15) is 14.4 Å². The number of rotatable bonds is 4. The van der Waals surface area contributed by atoms with Crippen LogP contribution in [0.25, 0.3) is 0 Å². The van der Waals surface area contributed by atoms with Crippen molar-refractivity contribution in [3.8, 4) is 0 Å². The summed E-state index contributed by atoms with van der Waals surface area (Å²) in [6.07, 6.45) is 0.156. The molecule has 1 aliphatic carbocycles. The van der Waals surface area contributed by atoms with Gasteiger partial charge < -0.3 is 5.32 Å². The lowest BCUT2D eigenvalue weighted by atomic mass is 9.90. The van der Waals surface area contributed by atoms with Crippen LogP contribution in [-0.2, 0) is 4.79 Å². The van der Waals surface area contributed by atoms with Crippen molar-refractivity contribution >= 4 is 23.1 Å². The highest BCUT2D eigenvalue weighted by atomic mass is 16.1. The van der Waals surface area contributed by atoms with Crippen LogP contribution in [0.5, 0.6) is 0 Å². The number of benzene rings is 1. The third-order valence-electron chi connectivity index (χ3n) is 3.15. The Morgan fingerprint density at radius 1 is 1.10 bits per heavy atom. The van der Waals surface area contributed by atoms with Crippen molar-refractivity contribution < 1.29 is 14.4 Å². The standard InChI is InChI=1S/C16H16N2O3/c1-9(8-10(2)19)18-14-13(17-3)15(20)11-6-4-5-7-12(11)16(14)21/h4-7,17H,8H2,1-3H3. The van der Waals surface area contributed by atoms with Gasteiger partial charge in [0.15, 0.2) is 0 Å². The van der Waals surface area contributed by atoms with Crippen molar-refractivity contribution in [1.82, 2.24) is 5.32 Å². The van der Waals surface area contributed by atoms with Crippen molar-refractivity contribution in [2.45, 2.75) is 20.3 Å². The van der Waals surface area contributed by atoms with Crippen LogP contribution in [0.3, 0.4) is 0 Å². The molecule has 0 bridgehead atoms. The van der Waals surface area contributed by atoms with Crippen LogP contribution in [0, 0.1) is 0 Å². The van der Waals surface area contributed by atoms with E-state index in [4.69, 9.17) is 0 Å². The number of carbonyl (C=O) groups excluding carboxylic acids is 3. The maximum atomic E-state index is 12.5. The maximum absolute atomic E-state index is 12.5. The number of likely N-dealkylation sites (N-methyl/N-ethyl adjacent to an activating group) is 1. The Bertz CT molecular complexity index is 699. The Labute approximate surface area is 122 Å². The summed E-state index contributed by atoms with van der Waals surface area (Å²) >= 11 is 0. The fourth-order valence-electron chi connectivity index (χ4n) is 2.29. The molecule has 1 aromatic rings.